The van der Waals surface area contributed by atoms with Gasteiger partial charge >= 0.3 is 375 Å². The van der Waals surface area contributed by atoms with Crippen LogP contribution in [0.2, 0.25) is 13.3 Å². The van der Waals surface area contributed by atoms with E-state index in [0.29, 0.717) is 7.11 Å². The van der Waals surface area contributed by atoms with Gasteiger partial charge in [-0.3, -0.25) is 0 Å². The van der Waals surface area contributed by atoms with Crippen molar-refractivity contribution >= 4 is 22.0 Å². The number of hydrogen-bond donors (Lipinski definition) is 0. The number of halogens is 39. The van der Waals surface area contributed by atoms with Crippen LogP contribution >= 0.6 is 0 Å². The second-order valence-corrected chi connectivity index (χ2v) is 28.2. The third-order valence-electron chi connectivity index (χ3n) is 10.5. The molecule has 0 radical (unpaired) electrons. The quantitative estimate of drug-likeness (QED) is 0.0784. The van der Waals surface area contributed by atoms with Crippen LogP contribution in [0.15, 0.2) is 24.3 Å². The van der Waals surface area contributed by atoms with Crippen molar-refractivity contribution in [3.05, 3.63) is 24.3 Å². The molecule has 0 aromatic heterocycles. The van der Waals surface area contributed by atoms with Gasteiger partial charge in [-0.15, -0.1) is 0 Å². The molecule has 0 aliphatic rings. The summed E-state index contributed by atoms with van der Waals surface area (Å²) >= 11 is -8.23. The van der Waals surface area contributed by atoms with E-state index in [9.17, 15) is 145 Å². The summed E-state index contributed by atoms with van der Waals surface area (Å²) in [4.78, 5) is 0. The van der Waals surface area contributed by atoms with Crippen molar-refractivity contribution in [1.82, 2.24) is 0 Å². The van der Waals surface area contributed by atoms with E-state index in [0.717, 1.165) is 0 Å². The van der Waals surface area contributed by atoms with Crippen molar-refractivity contribution < 1.29 is 176 Å². The van der Waals surface area contributed by atoms with Gasteiger partial charge in [0.1, 0.15) is 0 Å². The van der Waals surface area contributed by atoms with Gasteiger partial charge in [0, 0.05) is 0 Å². The number of methoxy groups -OCH3 is 1. The summed E-state index contributed by atoms with van der Waals surface area (Å²) in [5.74, 6) is -128. The van der Waals surface area contributed by atoms with E-state index in [1.165, 1.54) is 0 Å². The second-order valence-electron chi connectivity index (χ2n) is 15.0. The summed E-state index contributed by atoms with van der Waals surface area (Å²) in [6.45, 7) is 0. The molecule has 0 saturated heterocycles. The number of hydrogen-bond acceptors (Lipinski definition) is 1. The second kappa shape index (κ2) is 18.7. The van der Waals surface area contributed by atoms with Gasteiger partial charge in [-0.05, 0) is 0 Å². The zero-order chi connectivity index (χ0) is 58.4. The number of benzene rings is 1. The molecule has 426 valence electrons. The zero-order valence-electron chi connectivity index (χ0n) is 33.2. The van der Waals surface area contributed by atoms with E-state index in [1.807, 2.05) is 0 Å². The van der Waals surface area contributed by atoms with Crippen molar-refractivity contribution in [3.8, 4) is 5.75 Å². The van der Waals surface area contributed by atoms with Crippen LogP contribution < -0.4 is 8.32 Å². The Labute approximate surface area is 375 Å². The summed E-state index contributed by atoms with van der Waals surface area (Å²) in [5, 5.41) is 0. The molecule has 0 N–H and O–H groups in total. The van der Waals surface area contributed by atoms with Crippen LogP contribution in [-0.2, 0) is 0 Å². The van der Waals surface area contributed by atoms with Gasteiger partial charge in [0.05, 0.1) is 0 Å². The summed E-state index contributed by atoms with van der Waals surface area (Å²) < 4.78 is 534. The Hall–Kier alpha value is -2.91. The standard InChI is InChI=1S/3C8H4F13.C7H7O.Sn/c3*1-2-3(9,10)4(11,12)5(13,14)6(15,16)7(17,18)8(19,20)21;1-8-7-5-3-2-4-6-7;/h3*1-2H2;3-6H,1H3;. The van der Waals surface area contributed by atoms with Crippen molar-refractivity contribution in [1.29, 1.82) is 0 Å². The van der Waals surface area contributed by atoms with E-state index in [-0.39, 0.29) is 24.3 Å². The Bertz CT molecular complexity index is 1820. The number of rotatable bonds is 23. The first-order valence-corrected chi connectivity index (χ1v) is 24.9. The molecule has 41 heteroatoms. The zero-order valence-corrected chi connectivity index (χ0v) is 36.1. The van der Waals surface area contributed by atoms with Crippen molar-refractivity contribution in [3.63, 3.8) is 0 Å². The predicted octanol–water partition coefficient (Wildman–Crippen LogP) is 15.7. The van der Waals surface area contributed by atoms with Crippen LogP contribution in [0.25, 0.3) is 0 Å². The summed E-state index contributed by atoms with van der Waals surface area (Å²) in [5.41, 5.74) is 0. The summed E-state index contributed by atoms with van der Waals surface area (Å²) in [6, 6.07) is -0.237. The maximum atomic E-state index is 15.1. The van der Waals surface area contributed by atoms with Crippen molar-refractivity contribution in [2.45, 2.75) is 140 Å². The molecule has 0 aliphatic heterocycles. The van der Waals surface area contributed by atoms with Crippen molar-refractivity contribution in [2.75, 3.05) is 7.11 Å². The molecule has 0 saturated carbocycles. The monoisotopic (exact) mass is 1270 g/mol. The van der Waals surface area contributed by atoms with Crippen LogP contribution in [0.1, 0.15) is 19.3 Å². The average molecular weight is 1270 g/mol. The van der Waals surface area contributed by atoms with Crippen LogP contribution in [0.3, 0.4) is 0 Å². The minimum absolute atomic E-state index is 0.0863. The number of ether oxygens (including phenoxy) is 1. The Morgan fingerprint density at radius 3 is 0.625 bits per heavy atom. The molecule has 1 aromatic rings. The third-order valence-corrected chi connectivity index (χ3v) is 25.2. The first-order chi connectivity index (χ1) is 30.9. The van der Waals surface area contributed by atoms with E-state index < -0.39 is 168 Å². The Morgan fingerprint density at radius 2 is 0.458 bits per heavy atom. The fraction of sp³-hybridized carbons (Fsp3) is 0.806. The van der Waals surface area contributed by atoms with Crippen LogP contribution in [0, 0.1) is 0 Å². The molecule has 0 spiro atoms. The molecule has 0 fully saturated rings. The molecule has 0 unspecified atom stereocenters. The molecule has 1 rings (SSSR count). The van der Waals surface area contributed by atoms with E-state index in [4.69, 9.17) is 0 Å². The third kappa shape index (κ3) is 10.0. The fourth-order valence-electron chi connectivity index (χ4n) is 5.82. The Morgan fingerprint density at radius 1 is 0.278 bits per heavy atom. The normalized spacial score (nSPS) is 16.4. The van der Waals surface area contributed by atoms with Crippen LogP contribution in [-0.4, -0.2) is 133 Å². The molecular weight excluding hydrogens is 1250 g/mol. The van der Waals surface area contributed by atoms with Gasteiger partial charge in [-0.2, -0.15) is 0 Å². The molecule has 0 bridgehead atoms. The SMILES string of the molecule is COc1cc[c]([Sn]([CH2]CC(F)(F)C(F)(F)C(F)(F)C(F)(F)C(F)(F)C(F)(F)F)([CH2]CC(F)(F)C(F)(F)C(F)(F)C(F)(F)C(F)(F)C(F)(F)F)[CH2]CC(F)(F)C(F)(F)C(F)(F)C(F)(F)C(F)(F)C(F)(F)F)cc1. The average Bonchev–Trinajstić information content (AvgIpc) is 3.18. The first kappa shape index (κ1) is 67.1. The molecule has 0 atom stereocenters. The van der Waals surface area contributed by atoms with E-state index in [2.05, 4.69) is 4.74 Å². The van der Waals surface area contributed by atoms with E-state index in [1.54, 1.807) is 0 Å². The van der Waals surface area contributed by atoms with Gasteiger partial charge < -0.3 is 0 Å². The molecule has 0 amide bonds. The van der Waals surface area contributed by atoms with Crippen LogP contribution in [0.4, 0.5) is 171 Å². The Kier molecular flexibility index (Phi) is 17.4. The maximum absolute atomic E-state index is 15.1. The number of alkyl halides is 39. The molecule has 0 aliphatic carbocycles. The molecule has 1 aromatic carbocycles. The van der Waals surface area contributed by atoms with Crippen LogP contribution in [0.5, 0.6) is 5.75 Å². The molecule has 0 heterocycles. The van der Waals surface area contributed by atoms with Crippen molar-refractivity contribution in [2.24, 2.45) is 0 Å². The molecule has 72 heavy (non-hydrogen) atoms. The minimum atomic E-state index is -8.88. The molecule has 1 nitrogen and oxygen atoms in total. The molecular formula is C31H19F39OSn. The Balaban J connectivity index is 4.48. The van der Waals surface area contributed by atoms with Gasteiger partial charge in [0.2, 0.25) is 0 Å². The van der Waals surface area contributed by atoms with Gasteiger partial charge in [-0.1, -0.05) is 0 Å². The summed E-state index contributed by atoms with van der Waals surface area (Å²) in [7, 11) is 0.522. The topological polar surface area (TPSA) is 9.23 Å². The predicted molar refractivity (Wildman–Crippen MR) is 159 cm³/mol. The van der Waals surface area contributed by atoms with Gasteiger partial charge in [0.15, 0.2) is 0 Å². The van der Waals surface area contributed by atoms with E-state index >= 15 is 26.3 Å². The first-order valence-electron chi connectivity index (χ1n) is 17.4. The fourth-order valence-corrected chi connectivity index (χ4v) is 19.7. The van der Waals surface area contributed by atoms with Gasteiger partial charge in [-0.25, -0.2) is 0 Å². The summed E-state index contributed by atoms with van der Waals surface area (Å²) in [6.07, 6.45) is -36.5. The van der Waals surface area contributed by atoms with Gasteiger partial charge in [0.25, 0.3) is 0 Å².